The van der Waals surface area contributed by atoms with Crippen molar-refractivity contribution < 1.29 is 4.79 Å². The molecule has 0 aliphatic rings. The summed E-state index contributed by atoms with van der Waals surface area (Å²) in [6, 6.07) is 17.8. The summed E-state index contributed by atoms with van der Waals surface area (Å²) in [5.74, 6) is 0.704. The van der Waals surface area contributed by atoms with Gasteiger partial charge in [0, 0.05) is 23.9 Å². The Hall–Kier alpha value is -3.39. The molecule has 2 aromatic heterocycles. The van der Waals surface area contributed by atoms with Gasteiger partial charge in [-0.15, -0.1) is 0 Å². The van der Waals surface area contributed by atoms with Crippen LogP contribution in [0.4, 0.5) is 5.82 Å². The van der Waals surface area contributed by atoms with Gasteiger partial charge in [-0.25, -0.2) is 14.6 Å². The Bertz CT molecular complexity index is 1240. The SMILES string of the molecule is CCCNc1nc(SC(C)C)nc2c1cnn2CCNC(=O)c1ccc(-c2ccccc2)cc1. The lowest BCUT2D eigenvalue weighted by Gasteiger charge is -2.10. The van der Waals surface area contributed by atoms with Crippen molar-refractivity contribution >= 4 is 34.5 Å². The van der Waals surface area contributed by atoms with E-state index in [4.69, 9.17) is 4.98 Å². The van der Waals surface area contributed by atoms with Crippen molar-refractivity contribution in [3.63, 3.8) is 0 Å². The molecule has 2 aromatic carbocycles. The van der Waals surface area contributed by atoms with E-state index in [0.29, 0.717) is 23.9 Å². The predicted octanol–water partition coefficient (Wildman–Crippen LogP) is 5.25. The summed E-state index contributed by atoms with van der Waals surface area (Å²) in [5, 5.41) is 12.9. The highest BCUT2D eigenvalue weighted by Crippen LogP contribution is 2.26. The van der Waals surface area contributed by atoms with E-state index in [1.54, 1.807) is 18.0 Å². The monoisotopic (exact) mass is 474 g/mol. The Balaban J connectivity index is 1.43. The van der Waals surface area contributed by atoms with Gasteiger partial charge in [0.15, 0.2) is 10.8 Å². The molecule has 4 rings (SSSR count). The molecule has 8 heteroatoms. The second-order valence-corrected chi connectivity index (χ2v) is 9.80. The topological polar surface area (TPSA) is 84.7 Å². The Morgan fingerprint density at radius 1 is 1.00 bits per heavy atom. The van der Waals surface area contributed by atoms with Crippen LogP contribution in [0.5, 0.6) is 0 Å². The highest BCUT2D eigenvalue weighted by Gasteiger charge is 2.14. The number of aromatic nitrogens is 4. The molecule has 0 atom stereocenters. The lowest BCUT2D eigenvalue weighted by atomic mass is 10.0. The Morgan fingerprint density at radius 3 is 2.44 bits per heavy atom. The van der Waals surface area contributed by atoms with Crippen molar-refractivity contribution in [3.8, 4) is 11.1 Å². The highest BCUT2D eigenvalue weighted by atomic mass is 32.2. The zero-order chi connectivity index (χ0) is 23.9. The number of rotatable bonds is 10. The fourth-order valence-corrected chi connectivity index (χ4v) is 4.27. The summed E-state index contributed by atoms with van der Waals surface area (Å²) >= 11 is 1.63. The first-order chi connectivity index (χ1) is 16.5. The first kappa shape index (κ1) is 23.8. The summed E-state index contributed by atoms with van der Waals surface area (Å²) in [7, 11) is 0. The van der Waals surface area contributed by atoms with Crippen LogP contribution in [0.3, 0.4) is 0 Å². The van der Waals surface area contributed by atoms with E-state index in [9.17, 15) is 4.79 Å². The second kappa shape index (κ2) is 11.2. The number of hydrogen-bond acceptors (Lipinski definition) is 6. The molecule has 34 heavy (non-hydrogen) atoms. The third-order valence-corrected chi connectivity index (χ3v) is 6.09. The zero-order valence-electron chi connectivity index (χ0n) is 19.8. The van der Waals surface area contributed by atoms with Crippen molar-refractivity contribution in [1.82, 2.24) is 25.1 Å². The van der Waals surface area contributed by atoms with Crippen molar-refractivity contribution in [2.24, 2.45) is 0 Å². The van der Waals surface area contributed by atoms with Crippen molar-refractivity contribution in [2.75, 3.05) is 18.4 Å². The van der Waals surface area contributed by atoms with Gasteiger partial charge in [-0.2, -0.15) is 5.10 Å². The minimum Gasteiger partial charge on any atom is -0.369 e. The zero-order valence-corrected chi connectivity index (χ0v) is 20.6. The third-order valence-electron chi connectivity index (χ3n) is 5.22. The number of amides is 1. The Morgan fingerprint density at radius 2 is 1.74 bits per heavy atom. The third kappa shape index (κ3) is 5.75. The molecule has 0 saturated carbocycles. The molecule has 0 saturated heterocycles. The van der Waals surface area contributed by atoms with E-state index in [1.807, 2.05) is 47.1 Å². The molecule has 7 nitrogen and oxygen atoms in total. The number of nitrogens with zero attached hydrogens (tertiary/aromatic N) is 4. The Kier molecular flexibility index (Phi) is 7.80. The molecular formula is C26H30N6OS. The normalized spacial score (nSPS) is 11.2. The number of anilines is 1. The molecule has 4 aromatic rings. The Labute approximate surface area is 204 Å². The number of hydrogen-bond donors (Lipinski definition) is 2. The van der Waals surface area contributed by atoms with E-state index in [-0.39, 0.29) is 5.91 Å². The van der Waals surface area contributed by atoms with Crippen LogP contribution in [0.15, 0.2) is 66.0 Å². The number of fused-ring (bicyclic) bond motifs is 1. The van der Waals surface area contributed by atoms with Gasteiger partial charge < -0.3 is 10.6 Å². The van der Waals surface area contributed by atoms with E-state index >= 15 is 0 Å². The number of thioether (sulfide) groups is 1. The molecule has 0 aliphatic carbocycles. The predicted molar refractivity (Wildman–Crippen MR) is 139 cm³/mol. The summed E-state index contributed by atoms with van der Waals surface area (Å²) in [5.41, 5.74) is 3.62. The maximum absolute atomic E-state index is 12.7. The molecule has 0 spiro atoms. The molecule has 176 valence electrons. The van der Waals surface area contributed by atoms with Gasteiger partial charge >= 0.3 is 0 Å². The van der Waals surface area contributed by atoms with E-state index < -0.39 is 0 Å². The van der Waals surface area contributed by atoms with Crippen molar-refractivity contribution in [2.45, 2.75) is 44.1 Å². The largest absolute Gasteiger partial charge is 0.369 e. The van der Waals surface area contributed by atoms with Crippen LogP contribution in [0, 0.1) is 0 Å². The van der Waals surface area contributed by atoms with Crippen LogP contribution in [0.1, 0.15) is 37.6 Å². The van der Waals surface area contributed by atoms with Gasteiger partial charge in [-0.3, -0.25) is 4.79 Å². The van der Waals surface area contributed by atoms with Gasteiger partial charge in [0.2, 0.25) is 0 Å². The van der Waals surface area contributed by atoms with Crippen LogP contribution < -0.4 is 10.6 Å². The number of carbonyl (C=O) groups is 1. The fourth-order valence-electron chi connectivity index (χ4n) is 3.56. The van der Waals surface area contributed by atoms with Gasteiger partial charge in [0.25, 0.3) is 5.91 Å². The average Bonchev–Trinajstić information content (AvgIpc) is 3.25. The van der Waals surface area contributed by atoms with Gasteiger partial charge in [0.05, 0.1) is 18.1 Å². The smallest absolute Gasteiger partial charge is 0.251 e. The molecule has 0 unspecified atom stereocenters. The lowest BCUT2D eigenvalue weighted by molar-refractivity contribution is 0.0952. The van der Waals surface area contributed by atoms with Crippen molar-refractivity contribution in [3.05, 3.63) is 66.4 Å². The van der Waals surface area contributed by atoms with E-state index in [1.165, 1.54) is 0 Å². The van der Waals surface area contributed by atoms with Crippen LogP contribution in [-0.2, 0) is 6.54 Å². The summed E-state index contributed by atoms with van der Waals surface area (Å²) < 4.78 is 1.83. The summed E-state index contributed by atoms with van der Waals surface area (Å²) in [4.78, 5) is 22.1. The fraction of sp³-hybridized carbons (Fsp3) is 0.308. The minimum atomic E-state index is -0.105. The lowest BCUT2D eigenvalue weighted by Crippen LogP contribution is -2.27. The van der Waals surface area contributed by atoms with Crippen LogP contribution in [0.2, 0.25) is 0 Å². The number of benzene rings is 2. The van der Waals surface area contributed by atoms with Gasteiger partial charge in [-0.1, -0.05) is 75.0 Å². The van der Waals surface area contributed by atoms with E-state index in [2.05, 4.69) is 53.6 Å². The molecule has 0 aliphatic heterocycles. The van der Waals surface area contributed by atoms with Gasteiger partial charge in [0.1, 0.15) is 5.82 Å². The summed E-state index contributed by atoms with van der Waals surface area (Å²) in [6.07, 6.45) is 2.80. The van der Waals surface area contributed by atoms with Crippen LogP contribution in [0.25, 0.3) is 22.2 Å². The molecule has 1 amide bonds. The first-order valence-corrected chi connectivity index (χ1v) is 12.5. The quantitative estimate of drug-likeness (QED) is 0.241. The van der Waals surface area contributed by atoms with Gasteiger partial charge in [-0.05, 0) is 29.7 Å². The molecule has 0 fully saturated rings. The first-order valence-electron chi connectivity index (χ1n) is 11.6. The highest BCUT2D eigenvalue weighted by molar-refractivity contribution is 7.99. The van der Waals surface area contributed by atoms with Crippen molar-refractivity contribution in [1.29, 1.82) is 0 Å². The average molecular weight is 475 g/mol. The van der Waals surface area contributed by atoms with Crippen LogP contribution >= 0.6 is 11.8 Å². The maximum Gasteiger partial charge on any atom is 0.251 e. The maximum atomic E-state index is 12.7. The molecule has 2 N–H and O–H groups in total. The molecular weight excluding hydrogens is 444 g/mol. The molecule has 0 bridgehead atoms. The number of nitrogens with one attached hydrogen (secondary N) is 2. The number of carbonyl (C=O) groups excluding carboxylic acids is 1. The standard InChI is InChI=1S/C26H30N6OS/c1-4-14-27-23-22-17-29-32(24(22)31-26(30-23)34-18(2)3)16-15-28-25(33)21-12-10-20(11-13-21)19-8-6-5-7-9-19/h5-13,17-18H,4,14-16H2,1-3H3,(H,28,33)(H,27,30,31). The summed E-state index contributed by atoms with van der Waals surface area (Å²) in [6.45, 7) is 8.17. The second-order valence-electron chi connectivity index (χ2n) is 8.25. The molecule has 0 radical (unpaired) electrons. The van der Waals surface area contributed by atoms with Crippen LogP contribution in [-0.4, -0.2) is 44.0 Å². The molecule has 2 heterocycles. The minimum absolute atomic E-state index is 0.105. The van der Waals surface area contributed by atoms with E-state index in [0.717, 1.165) is 46.1 Å².